The SMILES string of the molecule is CN1CC(c2ccc(Cl)nc2)n2c1[n+](C)c(O)c(-c1cc(Cl)cc(Cl)c1)c2=O. The number of likely N-dealkylation sites (N-methyl/N-ethyl adjacent to an activating group) is 1. The summed E-state index contributed by atoms with van der Waals surface area (Å²) in [6, 6.07) is 8.04. The minimum Gasteiger partial charge on any atom is -0.483 e. The van der Waals surface area contributed by atoms with Gasteiger partial charge in [-0.2, -0.15) is 4.57 Å². The summed E-state index contributed by atoms with van der Waals surface area (Å²) in [5.74, 6) is 0.427. The van der Waals surface area contributed by atoms with E-state index in [4.69, 9.17) is 34.8 Å². The van der Waals surface area contributed by atoms with Crippen LogP contribution in [0.5, 0.6) is 5.88 Å². The zero-order chi connectivity index (χ0) is 20.2. The van der Waals surface area contributed by atoms with Crippen molar-refractivity contribution in [2.45, 2.75) is 6.04 Å². The minimum absolute atomic E-state index is 0.137. The van der Waals surface area contributed by atoms with Gasteiger partial charge in [-0.05, 0) is 29.8 Å². The lowest BCUT2D eigenvalue weighted by atomic mass is 10.1. The van der Waals surface area contributed by atoms with Crippen LogP contribution >= 0.6 is 34.8 Å². The fourth-order valence-corrected chi connectivity index (χ4v) is 4.30. The molecular formula is C19H16Cl3N4O2+. The Hall–Kier alpha value is -2.28. The first kappa shape index (κ1) is 19.1. The molecule has 1 N–H and O–H groups in total. The standard InChI is InChI=1S/C19H15Cl3N4O2/c1-24-9-14(10-3-4-15(22)23-8-10)26-18(28)16(17(27)25(2)19(24)26)11-5-12(20)7-13(21)6-11/h3-8,14H,9H2,1-2H3/p+1. The van der Waals surface area contributed by atoms with Crippen molar-refractivity contribution < 1.29 is 9.67 Å². The number of fused-ring (bicyclic) bond motifs is 1. The summed E-state index contributed by atoms with van der Waals surface area (Å²) in [5.41, 5.74) is 1.09. The molecule has 3 heterocycles. The molecule has 6 nitrogen and oxygen atoms in total. The molecule has 1 aliphatic rings. The van der Waals surface area contributed by atoms with Crippen LogP contribution in [0.25, 0.3) is 11.1 Å². The highest BCUT2D eigenvalue weighted by Crippen LogP contribution is 2.34. The maximum Gasteiger partial charge on any atom is 0.365 e. The van der Waals surface area contributed by atoms with Crippen LogP contribution in [0.3, 0.4) is 0 Å². The summed E-state index contributed by atoms with van der Waals surface area (Å²) in [5, 5.41) is 11.9. The molecule has 0 amide bonds. The first-order chi connectivity index (χ1) is 13.3. The lowest BCUT2D eigenvalue weighted by Gasteiger charge is -2.13. The second-order valence-corrected chi connectivity index (χ2v) is 7.96. The minimum atomic E-state index is -0.340. The van der Waals surface area contributed by atoms with Gasteiger partial charge in [0.15, 0.2) is 0 Å². The fourth-order valence-electron chi connectivity index (χ4n) is 3.66. The first-order valence-electron chi connectivity index (χ1n) is 8.44. The van der Waals surface area contributed by atoms with Crippen LogP contribution in [0, 0.1) is 0 Å². The molecule has 1 atom stereocenters. The molecule has 1 aliphatic heterocycles. The summed E-state index contributed by atoms with van der Waals surface area (Å²) in [6.07, 6.45) is 1.66. The summed E-state index contributed by atoms with van der Waals surface area (Å²) in [6.45, 7) is 0.547. The molecule has 0 fully saturated rings. The van der Waals surface area contributed by atoms with E-state index in [-0.39, 0.29) is 23.0 Å². The number of benzene rings is 1. The number of pyridine rings is 1. The van der Waals surface area contributed by atoms with Gasteiger partial charge in [0.05, 0.1) is 14.1 Å². The zero-order valence-corrected chi connectivity index (χ0v) is 17.3. The van der Waals surface area contributed by atoms with Gasteiger partial charge in [0.25, 0.3) is 5.88 Å². The highest BCUT2D eigenvalue weighted by atomic mass is 35.5. The van der Waals surface area contributed by atoms with Crippen LogP contribution in [0.4, 0.5) is 5.95 Å². The van der Waals surface area contributed by atoms with Gasteiger partial charge >= 0.3 is 11.5 Å². The monoisotopic (exact) mass is 437 g/mol. The molecule has 1 aromatic carbocycles. The largest absolute Gasteiger partial charge is 0.483 e. The molecule has 28 heavy (non-hydrogen) atoms. The molecule has 0 radical (unpaired) electrons. The van der Waals surface area contributed by atoms with Crippen molar-refractivity contribution in [2.75, 3.05) is 18.5 Å². The van der Waals surface area contributed by atoms with Crippen molar-refractivity contribution in [2.24, 2.45) is 7.05 Å². The third kappa shape index (κ3) is 3.02. The van der Waals surface area contributed by atoms with E-state index >= 15 is 0 Å². The Labute approximate surface area is 176 Å². The number of aromatic nitrogens is 3. The number of hydrogen-bond acceptors (Lipinski definition) is 4. The second kappa shape index (κ2) is 6.95. The summed E-state index contributed by atoms with van der Waals surface area (Å²) in [4.78, 5) is 19.5. The predicted molar refractivity (Wildman–Crippen MR) is 110 cm³/mol. The van der Waals surface area contributed by atoms with Crippen LogP contribution in [0.2, 0.25) is 15.2 Å². The molecule has 0 saturated heterocycles. The lowest BCUT2D eigenvalue weighted by Crippen LogP contribution is -2.41. The van der Waals surface area contributed by atoms with E-state index in [1.807, 2.05) is 18.0 Å². The number of hydrogen-bond donors (Lipinski definition) is 1. The van der Waals surface area contributed by atoms with Crippen LogP contribution < -0.4 is 15.0 Å². The lowest BCUT2D eigenvalue weighted by molar-refractivity contribution is -0.668. The quantitative estimate of drug-likeness (QED) is 0.492. The Balaban J connectivity index is 2.00. The van der Waals surface area contributed by atoms with E-state index in [0.717, 1.165) is 5.56 Å². The summed E-state index contributed by atoms with van der Waals surface area (Å²) >= 11 is 18.1. The maximum absolute atomic E-state index is 13.5. The van der Waals surface area contributed by atoms with E-state index < -0.39 is 0 Å². The Bertz CT molecular complexity index is 1130. The fraction of sp³-hybridized carbons (Fsp3) is 0.211. The Morgan fingerprint density at radius 2 is 1.86 bits per heavy atom. The molecule has 1 unspecified atom stereocenters. The molecule has 0 saturated carbocycles. The first-order valence-corrected chi connectivity index (χ1v) is 9.58. The third-order valence-corrected chi connectivity index (χ3v) is 5.54. The molecule has 144 valence electrons. The van der Waals surface area contributed by atoms with Crippen LogP contribution in [-0.2, 0) is 7.05 Å². The predicted octanol–water partition coefficient (Wildman–Crippen LogP) is 3.44. The number of aromatic hydroxyl groups is 1. The molecular weight excluding hydrogens is 423 g/mol. The van der Waals surface area contributed by atoms with Crippen molar-refractivity contribution >= 4 is 40.8 Å². The van der Waals surface area contributed by atoms with Crippen molar-refractivity contribution in [1.82, 2.24) is 9.55 Å². The van der Waals surface area contributed by atoms with Crippen molar-refractivity contribution in [3.63, 3.8) is 0 Å². The molecule has 9 heteroatoms. The molecule has 4 rings (SSSR count). The normalized spacial score (nSPS) is 15.8. The van der Waals surface area contributed by atoms with Crippen LogP contribution in [0.1, 0.15) is 11.6 Å². The van der Waals surface area contributed by atoms with Gasteiger partial charge in [-0.1, -0.05) is 40.9 Å². The number of nitrogens with zero attached hydrogens (tertiary/aromatic N) is 4. The molecule has 2 aromatic heterocycles. The van der Waals surface area contributed by atoms with Gasteiger partial charge in [-0.15, -0.1) is 0 Å². The van der Waals surface area contributed by atoms with Crippen LogP contribution in [0.15, 0.2) is 41.3 Å². The van der Waals surface area contributed by atoms with Gasteiger partial charge in [0, 0.05) is 21.8 Å². The maximum atomic E-state index is 13.5. The van der Waals surface area contributed by atoms with E-state index in [0.29, 0.717) is 33.3 Å². The van der Waals surface area contributed by atoms with Gasteiger partial charge < -0.3 is 5.11 Å². The Morgan fingerprint density at radius 3 is 2.46 bits per heavy atom. The second-order valence-electron chi connectivity index (χ2n) is 6.70. The van der Waals surface area contributed by atoms with Gasteiger partial charge in [-0.25, -0.2) is 14.3 Å². The number of rotatable bonds is 2. The van der Waals surface area contributed by atoms with Gasteiger partial charge in [0.1, 0.15) is 23.3 Å². The highest BCUT2D eigenvalue weighted by Gasteiger charge is 2.41. The van der Waals surface area contributed by atoms with Crippen LogP contribution in [-0.4, -0.2) is 28.3 Å². The van der Waals surface area contributed by atoms with E-state index in [1.165, 1.54) is 0 Å². The molecule has 0 aliphatic carbocycles. The van der Waals surface area contributed by atoms with Crippen molar-refractivity contribution in [1.29, 1.82) is 0 Å². The smallest absolute Gasteiger partial charge is 0.365 e. The summed E-state index contributed by atoms with van der Waals surface area (Å²) < 4.78 is 3.23. The average Bonchev–Trinajstić information content (AvgIpc) is 2.97. The Morgan fingerprint density at radius 1 is 1.18 bits per heavy atom. The Kier molecular flexibility index (Phi) is 4.73. The number of halogens is 3. The number of anilines is 1. The summed E-state index contributed by atoms with van der Waals surface area (Å²) in [7, 11) is 3.57. The third-order valence-electron chi connectivity index (χ3n) is 4.88. The van der Waals surface area contributed by atoms with Gasteiger partial charge in [-0.3, -0.25) is 4.90 Å². The zero-order valence-electron chi connectivity index (χ0n) is 15.0. The molecule has 0 spiro atoms. The van der Waals surface area contributed by atoms with Crippen molar-refractivity contribution in [3.8, 4) is 17.0 Å². The van der Waals surface area contributed by atoms with E-state index in [1.54, 1.807) is 46.6 Å². The molecule has 3 aromatic rings. The van der Waals surface area contributed by atoms with E-state index in [9.17, 15) is 9.90 Å². The van der Waals surface area contributed by atoms with E-state index in [2.05, 4.69) is 4.98 Å². The van der Waals surface area contributed by atoms with Crippen molar-refractivity contribution in [3.05, 3.63) is 67.6 Å². The topological polar surface area (TPSA) is 62.2 Å². The highest BCUT2D eigenvalue weighted by molar-refractivity contribution is 6.35. The average molecular weight is 439 g/mol. The molecule has 0 bridgehead atoms. The van der Waals surface area contributed by atoms with Gasteiger partial charge in [0.2, 0.25) is 0 Å².